The maximum Gasteiger partial charge on any atom is 0.341 e. The highest BCUT2D eigenvalue weighted by Crippen LogP contribution is 2.35. The Hall–Kier alpha value is -2.63. The molecule has 0 bridgehead atoms. The quantitative estimate of drug-likeness (QED) is 0.430. The third-order valence-electron chi connectivity index (χ3n) is 3.68. The molecular weight excluding hydrogens is 492 g/mol. The van der Waals surface area contributed by atoms with Gasteiger partial charge in [0, 0.05) is 5.69 Å². The molecule has 28 heavy (non-hydrogen) atoms. The van der Waals surface area contributed by atoms with Gasteiger partial charge in [-0.25, -0.2) is 4.79 Å². The number of nitriles is 1. The number of anilines is 1. The Morgan fingerprint density at radius 2 is 1.86 bits per heavy atom. The summed E-state index contributed by atoms with van der Waals surface area (Å²) in [7, 11) is 0. The van der Waals surface area contributed by atoms with Crippen molar-refractivity contribution in [1.29, 1.82) is 5.26 Å². The molecule has 8 heteroatoms. The lowest BCUT2D eigenvalue weighted by atomic mass is 10.1. The van der Waals surface area contributed by atoms with Crippen molar-refractivity contribution >= 4 is 55.5 Å². The molecule has 0 spiro atoms. The van der Waals surface area contributed by atoms with Crippen LogP contribution >= 0.6 is 31.9 Å². The highest BCUT2D eigenvalue weighted by atomic mass is 79.9. The molecule has 0 saturated heterocycles. The topological polar surface area (TPSA) is 99.4 Å². The fourth-order valence-corrected chi connectivity index (χ4v) is 3.76. The zero-order chi connectivity index (χ0) is 20.8. The van der Waals surface area contributed by atoms with Gasteiger partial charge >= 0.3 is 5.97 Å². The summed E-state index contributed by atoms with van der Waals surface area (Å²) >= 11 is 6.62. The number of aliphatic carboxylic acids is 1. The minimum atomic E-state index is -1.10. The SMILES string of the molecule is Cc1ccc(C)c(NC(=O)/C(C#N)=C/c2cc(Br)c(OCC(=O)O)c(Br)c2)c1. The molecule has 0 fully saturated rings. The van der Waals surface area contributed by atoms with E-state index in [4.69, 9.17) is 9.84 Å². The first-order valence-corrected chi connectivity index (χ1v) is 9.64. The highest BCUT2D eigenvalue weighted by Gasteiger charge is 2.14. The third-order valence-corrected chi connectivity index (χ3v) is 4.86. The second-order valence-electron chi connectivity index (χ2n) is 5.94. The maximum absolute atomic E-state index is 12.5. The molecule has 0 aliphatic rings. The van der Waals surface area contributed by atoms with Gasteiger partial charge in [-0.2, -0.15) is 5.26 Å². The Balaban J connectivity index is 2.28. The number of rotatable bonds is 6. The van der Waals surface area contributed by atoms with Crippen LogP contribution in [0.2, 0.25) is 0 Å². The predicted octanol–water partition coefficient (Wildman–Crippen LogP) is 4.84. The van der Waals surface area contributed by atoms with Crippen molar-refractivity contribution in [2.45, 2.75) is 13.8 Å². The van der Waals surface area contributed by atoms with Gasteiger partial charge in [-0.3, -0.25) is 4.79 Å². The minimum Gasteiger partial charge on any atom is -0.480 e. The number of hydrogen-bond acceptors (Lipinski definition) is 4. The van der Waals surface area contributed by atoms with Crippen LogP contribution in [-0.2, 0) is 9.59 Å². The average molecular weight is 508 g/mol. The van der Waals surface area contributed by atoms with E-state index < -0.39 is 18.5 Å². The summed E-state index contributed by atoms with van der Waals surface area (Å²) in [4.78, 5) is 23.2. The van der Waals surface area contributed by atoms with E-state index in [1.54, 1.807) is 12.1 Å². The van der Waals surface area contributed by atoms with Crippen LogP contribution in [0.4, 0.5) is 5.69 Å². The standard InChI is InChI=1S/C20H16Br2N2O4/c1-11-3-4-12(2)17(5-11)24-20(27)14(9-23)6-13-7-15(21)19(16(22)8-13)28-10-18(25)26/h3-8H,10H2,1-2H3,(H,24,27)(H,25,26)/b14-6+. The predicted molar refractivity (Wildman–Crippen MR) is 113 cm³/mol. The molecule has 0 aliphatic heterocycles. The summed E-state index contributed by atoms with van der Waals surface area (Å²) in [6.45, 7) is 3.29. The van der Waals surface area contributed by atoms with E-state index >= 15 is 0 Å². The number of ether oxygens (including phenoxy) is 1. The summed E-state index contributed by atoms with van der Waals surface area (Å²) in [5, 5.41) is 20.9. The van der Waals surface area contributed by atoms with Gasteiger partial charge in [0.15, 0.2) is 6.61 Å². The number of aryl methyl sites for hydroxylation is 2. The molecular formula is C20H16Br2N2O4. The molecule has 0 atom stereocenters. The molecule has 144 valence electrons. The Morgan fingerprint density at radius 1 is 1.21 bits per heavy atom. The highest BCUT2D eigenvalue weighted by molar-refractivity contribution is 9.11. The first-order chi connectivity index (χ1) is 13.2. The van der Waals surface area contributed by atoms with Gasteiger partial charge < -0.3 is 15.2 Å². The second kappa shape index (κ2) is 9.53. The zero-order valence-corrected chi connectivity index (χ0v) is 18.2. The lowest BCUT2D eigenvalue weighted by molar-refractivity contribution is -0.139. The first-order valence-electron chi connectivity index (χ1n) is 8.05. The number of carbonyl (C=O) groups excluding carboxylic acids is 1. The van der Waals surface area contributed by atoms with E-state index in [9.17, 15) is 14.9 Å². The van der Waals surface area contributed by atoms with Crippen molar-refractivity contribution in [2.75, 3.05) is 11.9 Å². The Kier molecular flexibility index (Phi) is 7.38. The molecule has 0 aromatic heterocycles. The monoisotopic (exact) mass is 506 g/mol. The van der Waals surface area contributed by atoms with Gasteiger partial charge in [0.1, 0.15) is 17.4 Å². The van der Waals surface area contributed by atoms with Crippen LogP contribution < -0.4 is 10.1 Å². The van der Waals surface area contributed by atoms with Crippen molar-refractivity contribution in [3.63, 3.8) is 0 Å². The van der Waals surface area contributed by atoms with Crippen LogP contribution in [0.25, 0.3) is 6.08 Å². The summed E-state index contributed by atoms with van der Waals surface area (Å²) in [6.07, 6.45) is 1.44. The van der Waals surface area contributed by atoms with Gasteiger partial charge in [0.05, 0.1) is 8.95 Å². The van der Waals surface area contributed by atoms with E-state index in [1.807, 2.05) is 38.1 Å². The normalized spacial score (nSPS) is 10.9. The van der Waals surface area contributed by atoms with E-state index in [0.29, 0.717) is 25.9 Å². The van der Waals surface area contributed by atoms with Crippen LogP contribution in [0.3, 0.4) is 0 Å². The number of nitrogens with one attached hydrogen (secondary N) is 1. The van der Waals surface area contributed by atoms with Crippen LogP contribution in [0.5, 0.6) is 5.75 Å². The number of hydrogen-bond donors (Lipinski definition) is 2. The number of carbonyl (C=O) groups is 2. The van der Waals surface area contributed by atoms with E-state index in [0.717, 1.165) is 11.1 Å². The molecule has 2 aromatic rings. The fourth-order valence-electron chi connectivity index (χ4n) is 2.31. The van der Waals surface area contributed by atoms with Crippen molar-refractivity contribution in [3.8, 4) is 11.8 Å². The van der Waals surface area contributed by atoms with E-state index in [2.05, 4.69) is 37.2 Å². The van der Waals surface area contributed by atoms with Crippen molar-refractivity contribution in [2.24, 2.45) is 0 Å². The van der Waals surface area contributed by atoms with Crippen molar-refractivity contribution in [3.05, 3.63) is 61.5 Å². The van der Waals surface area contributed by atoms with Gasteiger partial charge in [-0.1, -0.05) is 12.1 Å². The Labute approximate surface area is 179 Å². The molecule has 0 saturated carbocycles. The smallest absolute Gasteiger partial charge is 0.341 e. The number of nitrogens with zero attached hydrogens (tertiary/aromatic N) is 1. The summed E-state index contributed by atoms with van der Waals surface area (Å²) < 4.78 is 6.18. The van der Waals surface area contributed by atoms with Gasteiger partial charge in [0.25, 0.3) is 5.91 Å². The third kappa shape index (κ3) is 5.68. The van der Waals surface area contributed by atoms with Crippen molar-refractivity contribution in [1.82, 2.24) is 0 Å². The molecule has 2 rings (SSSR count). The molecule has 6 nitrogen and oxygen atoms in total. The molecule has 0 heterocycles. The largest absolute Gasteiger partial charge is 0.480 e. The van der Waals surface area contributed by atoms with Crippen LogP contribution in [-0.4, -0.2) is 23.6 Å². The number of carboxylic acid groups (broad SMARTS) is 1. The summed E-state index contributed by atoms with van der Waals surface area (Å²) in [5.74, 6) is -1.30. The zero-order valence-electron chi connectivity index (χ0n) is 15.0. The summed E-state index contributed by atoms with van der Waals surface area (Å²) in [6, 6.07) is 10.8. The van der Waals surface area contributed by atoms with Gasteiger partial charge in [-0.05, 0) is 86.7 Å². The van der Waals surface area contributed by atoms with Crippen LogP contribution in [0.15, 0.2) is 44.9 Å². The number of halogens is 2. The second-order valence-corrected chi connectivity index (χ2v) is 7.65. The molecule has 0 radical (unpaired) electrons. The number of benzene rings is 2. The fraction of sp³-hybridized carbons (Fsp3) is 0.150. The van der Waals surface area contributed by atoms with E-state index in [-0.39, 0.29) is 5.57 Å². The number of carboxylic acids is 1. The van der Waals surface area contributed by atoms with Gasteiger partial charge in [0.2, 0.25) is 0 Å². The minimum absolute atomic E-state index is 0.0705. The lowest BCUT2D eigenvalue weighted by Crippen LogP contribution is -2.14. The Bertz CT molecular complexity index is 987. The average Bonchev–Trinajstić information content (AvgIpc) is 2.61. The number of amides is 1. The Morgan fingerprint density at radius 3 is 2.43 bits per heavy atom. The molecule has 1 amide bonds. The summed E-state index contributed by atoms with van der Waals surface area (Å²) in [5.41, 5.74) is 3.02. The molecule has 0 aliphatic carbocycles. The van der Waals surface area contributed by atoms with Crippen LogP contribution in [0.1, 0.15) is 16.7 Å². The molecule has 0 unspecified atom stereocenters. The lowest BCUT2D eigenvalue weighted by Gasteiger charge is -2.10. The van der Waals surface area contributed by atoms with E-state index in [1.165, 1.54) is 6.08 Å². The molecule has 2 N–H and O–H groups in total. The van der Waals surface area contributed by atoms with Gasteiger partial charge in [-0.15, -0.1) is 0 Å². The van der Waals surface area contributed by atoms with Crippen molar-refractivity contribution < 1.29 is 19.4 Å². The molecule has 2 aromatic carbocycles. The maximum atomic E-state index is 12.5. The first kappa shape index (κ1) is 21.7. The van der Waals surface area contributed by atoms with Crippen LogP contribution in [0, 0.1) is 25.2 Å².